The zero-order valence-corrected chi connectivity index (χ0v) is 13.5. The fraction of sp³-hybridized carbons (Fsp3) is 0.278. The van der Waals surface area contributed by atoms with Crippen LogP contribution in [0.25, 0.3) is 0 Å². The molecule has 2 aromatic rings. The molecule has 0 fully saturated rings. The molecular formula is C18H21NO4. The fourth-order valence-corrected chi connectivity index (χ4v) is 2.11. The van der Waals surface area contributed by atoms with Crippen molar-refractivity contribution in [3.8, 4) is 11.5 Å². The van der Waals surface area contributed by atoms with Gasteiger partial charge in [-0.05, 0) is 36.8 Å². The molecule has 0 unspecified atom stereocenters. The SMILES string of the molecule is COCc1cccc(NC(=O)[C@H](C)Oc2ccccc2OC)c1. The van der Waals surface area contributed by atoms with Gasteiger partial charge in [-0.3, -0.25) is 4.79 Å². The van der Waals surface area contributed by atoms with E-state index in [1.165, 1.54) is 0 Å². The second kappa shape index (κ2) is 8.19. The van der Waals surface area contributed by atoms with Crippen molar-refractivity contribution in [3.63, 3.8) is 0 Å². The van der Waals surface area contributed by atoms with Gasteiger partial charge in [-0.1, -0.05) is 24.3 Å². The summed E-state index contributed by atoms with van der Waals surface area (Å²) < 4.78 is 16.0. The third kappa shape index (κ3) is 4.72. The van der Waals surface area contributed by atoms with Crippen molar-refractivity contribution < 1.29 is 19.0 Å². The quantitative estimate of drug-likeness (QED) is 0.852. The van der Waals surface area contributed by atoms with Crippen molar-refractivity contribution in [3.05, 3.63) is 54.1 Å². The monoisotopic (exact) mass is 315 g/mol. The van der Waals surface area contributed by atoms with Gasteiger partial charge in [-0.25, -0.2) is 0 Å². The van der Waals surface area contributed by atoms with E-state index in [1.807, 2.05) is 36.4 Å². The smallest absolute Gasteiger partial charge is 0.265 e. The summed E-state index contributed by atoms with van der Waals surface area (Å²) in [5.41, 5.74) is 1.70. The molecule has 0 radical (unpaired) electrons. The Morgan fingerprint density at radius 3 is 2.52 bits per heavy atom. The minimum absolute atomic E-state index is 0.231. The second-order valence-corrected chi connectivity index (χ2v) is 5.03. The second-order valence-electron chi connectivity index (χ2n) is 5.03. The van der Waals surface area contributed by atoms with E-state index in [9.17, 15) is 4.79 Å². The molecule has 0 heterocycles. The van der Waals surface area contributed by atoms with Gasteiger partial charge in [-0.2, -0.15) is 0 Å². The number of hydrogen-bond acceptors (Lipinski definition) is 4. The molecule has 1 N–H and O–H groups in total. The summed E-state index contributed by atoms with van der Waals surface area (Å²) in [4.78, 5) is 12.3. The molecule has 0 aliphatic heterocycles. The first-order chi connectivity index (χ1) is 11.1. The van der Waals surface area contributed by atoms with E-state index in [2.05, 4.69) is 5.32 Å². The van der Waals surface area contributed by atoms with Crippen LogP contribution in [0.15, 0.2) is 48.5 Å². The molecule has 5 nitrogen and oxygen atoms in total. The van der Waals surface area contributed by atoms with Crippen molar-refractivity contribution in [2.45, 2.75) is 19.6 Å². The van der Waals surface area contributed by atoms with Crippen LogP contribution in [0.3, 0.4) is 0 Å². The molecule has 0 saturated heterocycles. The van der Waals surface area contributed by atoms with E-state index < -0.39 is 6.10 Å². The highest BCUT2D eigenvalue weighted by atomic mass is 16.5. The third-order valence-corrected chi connectivity index (χ3v) is 3.25. The number of para-hydroxylation sites is 2. The van der Waals surface area contributed by atoms with Gasteiger partial charge in [0, 0.05) is 12.8 Å². The van der Waals surface area contributed by atoms with Crippen LogP contribution in [0, 0.1) is 0 Å². The Hall–Kier alpha value is -2.53. The van der Waals surface area contributed by atoms with Crippen LogP contribution in [0.4, 0.5) is 5.69 Å². The zero-order valence-electron chi connectivity index (χ0n) is 13.5. The lowest BCUT2D eigenvalue weighted by Crippen LogP contribution is -2.30. The highest BCUT2D eigenvalue weighted by Crippen LogP contribution is 2.27. The van der Waals surface area contributed by atoms with Crippen LogP contribution in [0.2, 0.25) is 0 Å². The number of nitrogens with one attached hydrogen (secondary N) is 1. The van der Waals surface area contributed by atoms with E-state index in [-0.39, 0.29) is 5.91 Å². The molecule has 2 aromatic carbocycles. The predicted molar refractivity (Wildman–Crippen MR) is 88.9 cm³/mol. The maximum absolute atomic E-state index is 12.3. The third-order valence-electron chi connectivity index (χ3n) is 3.25. The molecule has 0 spiro atoms. The Labute approximate surface area is 136 Å². The van der Waals surface area contributed by atoms with Crippen LogP contribution in [-0.2, 0) is 16.1 Å². The highest BCUT2D eigenvalue weighted by molar-refractivity contribution is 5.94. The molecule has 0 aliphatic carbocycles. The Bertz CT molecular complexity index is 657. The summed E-state index contributed by atoms with van der Waals surface area (Å²) in [6.45, 7) is 2.19. The number of ether oxygens (including phenoxy) is 3. The Morgan fingerprint density at radius 1 is 1.09 bits per heavy atom. The molecule has 5 heteroatoms. The largest absolute Gasteiger partial charge is 0.493 e. The molecule has 0 bridgehead atoms. The van der Waals surface area contributed by atoms with Crippen LogP contribution in [-0.4, -0.2) is 26.2 Å². The first-order valence-corrected chi connectivity index (χ1v) is 7.32. The zero-order chi connectivity index (χ0) is 16.7. The van der Waals surface area contributed by atoms with E-state index in [0.717, 1.165) is 5.56 Å². The highest BCUT2D eigenvalue weighted by Gasteiger charge is 2.16. The number of hydrogen-bond donors (Lipinski definition) is 1. The average molecular weight is 315 g/mol. The Morgan fingerprint density at radius 2 is 1.83 bits per heavy atom. The summed E-state index contributed by atoms with van der Waals surface area (Å²) in [5, 5.41) is 2.84. The number of benzene rings is 2. The maximum atomic E-state index is 12.3. The molecule has 122 valence electrons. The summed E-state index contributed by atoms with van der Waals surface area (Å²) >= 11 is 0. The molecule has 0 aromatic heterocycles. The normalized spacial score (nSPS) is 11.6. The van der Waals surface area contributed by atoms with Crippen molar-refractivity contribution in [1.82, 2.24) is 0 Å². The van der Waals surface area contributed by atoms with Crippen molar-refractivity contribution in [2.75, 3.05) is 19.5 Å². The summed E-state index contributed by atoms with van der Waals surface area (Å²) in [5.74, 6) is 0.894. The van der Waals surface area contributed by atoms with Gasteiger partial charge >= 0.3 is 0 Å². The van der Waals surface area contributed by atoms with Gasteiger partial charge in [0.05, 0.1) is 13.7 Å². The minimum Gasteiger partial charge on any atom is -0.493 e. The summed E-state index contributed by atoms with van der Waals surface area (Å²) in [7, 11) is 3.20. The van der Waals surface area contributed by atoms with Gasteiger partial charge in [0.15, 0.2) is 17.6 Å². The lowest BCUT2D eigenvalue weighted by atomic mass is 10.2. The van der Waals surface area contributed by atoms with Crippen molar-refractivity contribution in [1.29, 1.82) is 0 Å². The predicted octanol–water partition coefficient (Wildman–Crippen LogP) is 3.25. The maximum Gasteiger partial charge on any atom is 0.265 e. The minimum atomic E-state index is -0.655. The van der Waals surface area contributed by atoms with Gasteiger partial charge in [0.2, 0.25) is 0 Å². The molecule has 1 atom stereocenters. The molecule has 0 saturated carbocycles. The first kappa shape index (κ1) is 16.8. The topological polar surface area (TPSA) is 56.8 Å². The van der Waals surface area contributed by atoms with E-state index in [4.69, 9.17) is 14.2 Å². The van der Waals surface area contributed by atoms with Crippen molar-refractivity contribution in [2.24, 2.45) is 0 Å². The number of carbonyl (C=O) groups is 1. The number of amides is 1. The van der Waals surface area contributed by atoms with Gasteiger partial charge in [0.25, 0.3) is 5.91 Å². The van der Waals surface area contributed by atoms with Crippen LogP contribution in [0.5, 0.6) is 11.5 Å². The van der Waals surface area contributed by atoms with Crippen LogP contribution < -0.4 is 14.8 Å². The molecule has 2 rings (SSSR count). The summed E-state index contributed by atoms with van der Waals surface area (Å²) in [6.07, 6.45) is -0.655. The first-order valence-electron chi connectivity index (χ1n) is 7.32. The van der Waals surface area contributed by atoms with Crippen LogP contribution >= 0.6 is 0 Å². The average Bonchev–Trinajstić information content (AvgIpc) is 2.56. The Kier molecular flexibility index (Phi) is 6.00. The molecule has 1 amide bonds. The summed E-state index contributed by atoms with van der Waals surface area (Å²) in [6, 6.07) is 14.7. The molecule has 23 heavy (non-hydrogen) atoms. The fourth-order valence-electron chi connectivity index (χ4n) is 2.11. The van der Waals surface area contributed by atoms with Gasteiger partial charge in [0.1, 0.15) is 0 Å². The molecular weight excluding hydrogens is 294 g/mol. The van der Waals surface area contributed by atoms with E-state index in [1.54, 1.807) is 33.3 Å². The lowest BCUT2D eigenvalue weighted by Gasteiger charge is -2.16. The van der Waals surface area contributed by atoms with Gasteiger partial charge in [-0.15, -0.1) is 0 Å². The Balaban J connectivity index is 2.01. The standard InChI is InChI=1S/C18H21NO4/c1-13(23-17-10-5-4-9-16(17)22-3)18(20)19-15-8-6-7-14(11-15)12-21-2/h4-11,13H,12H2,1-3H3,(H,19,20)/t13-/m0/s1. The van der Waals surface area contributed by atoms with Crippen LogP contribution in [0.1, 0.15) is 12.5 Å². The lowest BCUT2D eigenvalue weighted by molar-refractivity contribution is -0.122. The van der Waals surface area contributed by atoms with E-state index in [0.29, 0.717) is 23.8 Å². The number of methoxy groups -OCH3 is 2. The number of rotatable bonds is 7. The number of anilines is 1. The number of carbonyl (C=O) groups excluding carboxylic acids is 1. The van der Waals surface area contributed by atoms with Crippen molar-refractivity contribution >= 4 is 11.6 Å². The van der Waals surface area contributed by atoms with Gasteiger partial charge < -0.3 is 19.5 Å². The van der Waals surface area contributed by atoms with E-state index >= 15 is 0 Å². The molecule has 0 aliphatic rings.